The molecule has 0 radical (unpaired) electrons. The molecule has 1 aromatic heterocycles. The largest absolute Gasteiger partial charge is 0.334 e. The molecule has 2 heterocycles. The van der Waals surface area contributed by atoms with Crippen molar-refractivity contribution in [1.29, 1.82) is 0 Å². The molecule has 0 bridgehead atoms. The van der Waals surface area contributed by atoms with Crippen LogP contribution in [0, 0.1) is 6.92 Å². The summed E-state index contributed by atoms with van der Waals surface area (Å²) in [6, 6.07) is 4.19. The van der Waals surface area contributed by atoms with Gasteiger partial charge in [-0.1, -0.05) is 0 Å². The zero-order valence-electron chi connectivity index (χ0n) is 9.06. The molecule has 82 valence electrons. The summed E-state index contributed by atoms with van der Waals surface area (Å²) in [4.78, 5) is 16.0. The van der Waals surface area contributed by atoms with Gasteiger partial charge in [0.25, 0.3) is 5.91 Å². The van der Waals surface area contributed by atoms with Gasteiger partial charge in [0.05, 0.1) is 4.88 Å². The van der Waals surface area contributed by atoms with Crippen molar-refractivity contribution in [2.75, 3.05) is 6.54 Å². The van der Waals surface area contributed by atoms with Crippen LogP contribution in [0.2, 0.25) is 0 Å². The van der Waals surface area contributed by atoms with Crippen molar-refractivity contribution in [3.05, 3.63) is 21.9 Å². The maximum absolute atomic E-state index is 12.1. The van der Waals surface area contributed by atoms with E-state index < -0.39 is 0 Å². The zero-order chi connectivity index (χ0) is 11.0. The van der Waals surface area contributed by atoms with Gasteiger partial charge in [-0.15, -0.1) is 11.3 Å². The summed E-state index contributed by atoms with van der Waals surface area (Å²) >= 11 is 1.55. The molecule has 2 rings (SSSR count). The zero-order valence-corrected chi connectivity index (χ0v) is 9.88. The van der Waals surface area contributed by atoms with Crippen LogP contribution in [0.5, 0.6) is 0 Å². The lowest BCUT2D eigenvalue weighted by atomic mass is 10.2. The van der Waals surface area contributed by atoms with Gasteiger partial charge in [0.15, 0.2) is 0 Å². The monoisotopic (exact) mass is 224 g/mol. The highest BCUT2D eigenvalue weighted by Gasteiger charge is 2.32. The Kier molecular flexibility index (Phi) is 2.80. The van der Waals surface area contributed by atoms with E-state index in [-0.39, 0.29) is 18.0 Å². The molecule has 0 saturated carbocycles. The molecule has 0 aromatic carbocycles. The highest BCUT2D eigenvalue weighted by molar-refractivity contribution is 7.13. The lowest BCUT2D eigenvalue weighted by Gasteiger charge is -2.22. The summed E-state index contributed by atoms with van der Waals surface area (Å²) < 4.78 is 0. The maximum Gasteiger partial charge on any atom is 0.264 e. The summed E-state index contributed by atoms with van der Waals surface area (Å²) in [6.07, 6.45) is 0.914. The molecule has 1 aromatic rings. The van der Waals surface area contributed by atoms with Crippen LogP contribution in [0.4, 0.5) is 0 Å². The van der Waals surface area contributed by atoms with Crippen molar-refractivity contribution >= 4 is 17.2 Å². The van der Waals surface area contributed by atoms with E-state index in [0.29, 0.717) is 0 Å². The van der Waals surface area contributed by atoms with E-state index in [0.717, 1.165) is 17.8 Å². The third kappa shape index (κ3) is 1.92. The summed E-state index contributed by atoms with van der Waals surface area (Å²) in [6.45, 7) is 4.83. The molecule has 1 aliphatic heterocycles. The van der Waals surface area contributed by atoms with Crippen LogP contribution in [0.15, 0.2) is 12.1 Å². The predicted octanol–water partition coefficient (Wildman–Crippen LogP) is 1.62. The molecular formula is C11H16N2OS. The number of aryl methyl sites for hydroxylation is 1. The van der Waals surface area contributed by atoms with E-state index in [1.54, 1.807) is 11.3 Å². The second-order valence-electron chi connectivity index (χ2n) is 4.10. The lowest BCUT2D eigenvalue weighted by Crippen LogP contribution is -2.40. The average molecular weight is 224 g/mol. The van der Waals surface area contributed by atoms with Crippen molar-refractivity contribution in [1.82, 2.24) is 4.90 Å². The Balaban J connectivity index is 2.15. The van der Waals surface area contributed by atoms with Gasteiger partial charge in [0, 0.05) is 23.5 Å². The standard InChI is InChI=1S/C11H16N2OS/c1-7-3-4-10(15-7)11(14)13-6-5-9(12)8(13)2/h3-4,8-9H,5-6,12H2,1-2H3. The summed E-state index contributed by atoms with van der Waals surface area (Å²) in [5, 5.41) is 0. The summed E-state index contributed by atoms with van der Waals surface area (Å²) in [5.74, 6) is 0.133. The third-order valence-electron chi connectivity index (χ3n) is 3.03. The second kappa shape index (κ2) is 3.94. The van der Waals surface area contributed by atoms with E-state index >= 15 is 0 Å². The van der Waals surface area contributed by atoms with Gasteiger partial charge in [-0.3, -0.25) is 4.79 Å². The Labute approximate surface area is 93.9 Å². The first-order valence-electron chi connectivity index (χ1n) is 5.22. The molecule has 0 spiro atoms. The normalized spacial score (nSPS) is 25.9. The van der Waals surface area contributed by atoms with Crippen LogP contribution < -0.4 is 5.73 Å². The molecular weight excluding hydrogens is 208 g/mol. The fourth-order valence-corrected chi connectivity index (χ4v) is 2.77. The van der Waals surface area contributed by atoms with Crippen molar-refractivity contribution in [2.24, 2.45) is 5.73 Å². The Morgan fingerprint density at radius 3 is 2.80 bits per heavy atom. The first kappa shape index (κ1) is 10.6. The molecule has 1 saturated heterocycles. The fraction of sp³-hybridized carbons (Fsp3) is 0.545. The van der Waals surface area contributed by atoms with Gasteiger partial charge < -0.3 is 10.6 Å². The Hall–Kier alpha value is -0.870. The van der Waals surface area contributed by atoms with Crippen LogP contribution in [0.25, 0.3) is 0 Å². The first-order valence-corrected chi connectivity index (χ1v) is 6.04. The Morgan fingerprint density at radius 2 is 2.33 bits per heavy atom. The van der Waals surface area contributed by atoms with Gasteiger partial charge in [-0.25, -0.2) is 0 Å². The van der Waals surface area contributed by atoms with E-state index in [9.17, 15) is 4.79 Å². The van der Waals surface area contributed by atoms with Crippen molar-refractivity contribution in [3.8, 4) is 0 Å². The number of thiophene rings is 1. The quantitative estimate of drug-likeness (QED) is 0.788. The molecule has 4 heteroatoms. The molecule has 15 heavy (non-hydrogen) atoms. The molecule has 2 atom stereocenters. The number of amides is 1. The third-order valence-corrected chi connectivity index (χ3v) is 4.02. The molecule has 2 unspecified atom stereocenters. The van der Waals surface area contributed by atoms with Crippen molar-refractivity contribution in [3.63, 3.8) is 0 Å². The first-order chi connectivity index (χ1) is 7.09. The number of nitrogens with zero attached hydrogens (tertiary/aromatic N) is 1. The molecule has 1 aliphatic rings. The minimum absolute atomic E-state index is 0.133. The number of carbonyl (C=O) groups is 1. The van der Waals surface area contributed by atoms with Crippen LogP contribution in [-0.2, 0) is 0 Å². The van der Waals surface area contributed by atoms with Gasteiger partial charge in [0.1, 0.15) is 0 Å². The summed E-state index contributed by atoms with van der Waals surface area (Å²) in [5.41, 5.74) is 5.90. The van der Waals surface area contributed by atoms with E-state index in [1.807, 2.05) is 30.9 Å². The molecule has 1 fully saturated rings. The van der Waals surface area contributed by atoms with Gasteiger partial charge in [-0.05, 0) is 32.4 Å². The second-order valence-corrected chi connectivity index (χ2v) is 5.39. The molecule has 2 N–H and O–H groups in total. The number of hydrogen-bond donors (Lipinski definition) is 1. The summed E-state index contributed by atoms with van der Waals surface area (Å²) in [7, 11) is 0. The fourth-order valence-electron chi connectivity index (χ4n) is 1.94. The SMILES string of the molecule is Cc1ccc(C(=O)N2CCC(N)C2C)s1. The van der Waals surface area contributed by atoms with Crippen molar-refractivity contribution < 1.29 is 4.79 Å². The van der Waals surface area contributed by atoms with Crippen LogP contribution >= 0.6 is 11.3 Å². The Bertz CT molecular complexity index is 374. The van der Waals surface area contributed by atoms with E-state index in [1.165, 1.54) is 4.88 Å². The van der Waals surface area contributed by atoms with Crippen molar-refractivity contribution in [2.45, 2.75) is 32.4 Å². The van der Waals surface area contributed by atoms with E-state index in [4.69, 9.17) is 5.73 Å². The topological polar surface area (TPSA) is 46.3 Å². The lowest BCUT2D eigenvalue weighted by molar-refractivity contribution is 0.0747. The van der Waals surface area contributed by atoms with Crippen LogP contribution in [-0.4, -0.2) is 29.4 Å². The number of rotatable bonds is 1. The number of nitrogens with two attached hydrogens (primary N) is 1. The number of likely N-dealkylation sites (tertiary alicyclic amines) is 1. The number of carbonyl (C=O) groups excluding carboxylic acids is 1. The minimum Gasteiger partial charge on any atom is -0.334 e. The van der Waals surface area contributed by atoms with Gasteiger partial charge >= 0.3 is 0 Å². The van der Waals surface area contributed by atoms with Crippen LogP contribution in [0.3, 0.4) is 0 Å². The number of hydrogen-bond acceptors (Lipinski definition) is 3. The highest BCUT2D eigenvalue weighted by atomic mass is 32.1. The van der Waals surface area contributed by atoms with E-state index in [2.05, 4.69) is 0 Å². The molecule has 0 aliphatic carbocycles. The smallest absolute Gasteiger partial charge is 0.264 e. The predicted molar refractivity (Wildman–Crippen MR) is 62.1 cm³/mol. The molecule has 3 nitrogen and oxygen atoms in total. The van der Waals surface area contributed by atoms with Gasteiger partial charge in [0.2, 0.25) is 0 Å². The Morgan fingerprint density at radius 1 is 1.60 bits per heavy atom. The average Bonchev–Trinajstić information content (AvgIpc) is 2.75. The highest BCUT2D eigenvalue weighted by Crippen LogP contribution is 2.22. The van der Waals surface area contributed by atoms with Gasteiger partial charge in [-0.2, -0.15) is 0 Å². The molecule has 1 amide bonds. The maximum atomic E-state index is 12.1. The minimum atomic E-state index is 0.133. The van der Waals surface area contributed by atoms with Crippen LogP contribution in [0.1, 0.15) is 27.9 Å².